The topological polar surface area (TPSA) is 26.3 Å². The van der Waals surface area contributed by atoms with Gasteiger partial charge in [-0.25, -0.2) is 0 Å². The van der Waals surface area contributed by atoms with Crippen LogP contribution in [0.3, 0.4) is 0 Å². The van der Waals surface area contributed by atoms with Crippen LogP contribution in [0.2, 0.25) is 0 Å². The van der Waals surface area contributed by atoms with Crippen LogP contribution in [0.25, 0.3) is 0 Å². The van der Waals surface area contributed by atoms with Gasteiger partial charge in [-0.15, -0.1) is 11.3 Å². The summed E-state index contributed by atoms with van der Waals surface area (Å²) in [5.74, 6) is 0.247. The Morgan fingerprint density at radius 1 is 1.53 bits per heavy atom. The van der Waals surface area contributed by atoms with Gasteiger partial charge in [-0.05, 0) is 31.4 Å². The first-order valence-corrected chi connectivity index (χ1v) is 6.33. The van der Waals surface area contributed by atoms with E-state index in [1.165, 1.54) is 9.75 Å². The van der Waals surface area contributed by atoms with E-state index in [1.54, 1.807) is 11.3 Å². The van der Waals surface area contributed by atoms with Crippen LogP contribution >= 0.6 is 11.3 Å². The van der Waals surface area contributed by atoms with Crippen molar-refractivity contribution in [3.63, 3.8) is 0 Å². The monoisotopic (exact) mass is 224 g/mol. The first-order valence-electron chi connectivity index (χ1n) is 5.51. The van der Waals surface area contributed by atoms with Crippen LogP contribution in [-0.2, 0) is 22.4 Å². The number of hydrogen-bond donors (Lipinski definition) is 0. The van der Waals surface area contributed by atoms with E-state index >= 15 is 0 Å². The minimum atomic E-state index is -0.128. The number of Topliss-reactive ketones (excluding diaryl/α,β-unsaturated/α-hetero) is 1. The van der Waals surface area contributed by atoms with Gasteiger partial charge in [-0.1, -0.05) is 6.92 Å². The zero-order valence-corrected chi connectivity index (χ0v) is 9.81. The number of ketones is 1. The summed E-state index contributed by atoms with van der Waals surface area (Å²) in [5.41, 5.74) is 0. The second-order valence-corrected chi connectivity index (χ2v) is 5.12. The Bertz CT molecular complexity index is 337. The van der Waals surface area contributed by atoms with Gasteiger partial charge in [-0.3, -0.25) is 4.79 Å². The van der Waals surface area contributed by atoms with Crippen molar-refractivity contribution in [1.82, 2.24) is 0 Å². The van der Waals surface area contributed by atoms with Crippen molar-refractivity contribution < 1.29 is 9.53 Å². The van der Waals surface area contributed by atoms with E-state index < -0.39 is 0 Å². The van der Waals surface area contributed by atoms with Crippen LogP contribution in [0.1, 0.15) is 29.5 Å². The molecule has 2 nitrogen and oxygen atoms in total. The Kier molecular flexibility index (Phi) is 3.54. The maximum absolute atomic E-state index is 11.8. The Balaban J connectivity index is 1.92. The number of thiophene rings is 1. The molecule has 0 spiro atoms. The molecule has 0 bridgehead atoms. The molecule has 1 aromatic heterocycles. The molecule has 0 saturated carbocycles. The number of aryl methyl sites for hydroxylation is 1. The molecule has 3 heteroatoms. The predicted molar refractivity (Wildman–Crippen MR) is 61.4 cm³/mol. The van der Waals surface area contributed by atoms with Crippen molar-refractivity contribution in [2.75, 3.05) is 6.61 Å². The first-order chi connectivity index (χ1) is 7.29. The third-order valence-electron chi connectivity index (χ3n) is 2.70. The Morgan fingerprint density at radius 2 is 2.33 bits per heavy atom. The number of hydrogen-bond acceptors (Lipinski definition) is 3. The SMILES string of the molecule is CCc1ccc(CC(=O)C2CCCO2)s1. The van der Waals surface area contributed by atoms with Crippen molar-refractivity contribution in [2.24, 2.45) is 0 Å². The maximum atomic E-state index is 11.8. The lowest BCUT2D eigenvalue weighted by Gasteiger charge is -2.06. The van der Waals surface area contributed by atoms with Gasteiger partial charge in [0.05, 0.1) is 0 Å². The van der Waals surface area contributed by atoms with E-state index in [0.29, 0.717) is 6.42 Å². The summed E-state index contributed by atoms with van der Waals surface area (Å²) >= 11 is 1.74. The predicted octanol–water partition coefficient (Wildman–Crippen LogP) is 2.60. The highest BCUT2D eigenvalue weighted by Crippen LogP contribution is 2.20. The van der Waals surface area contributed by atoms with Crippen LogP contribution in [-0.4, -0.2) is 18.5 Å². The molecule has 2 heterocycles. The summed E-state index contributed by atoms with van der Waals surface area (Å²) in [4.78, 5) is 14.3. The molecule has 0 aromatic carbocycles. The van der Waals surface area contributed by atoms with E-state index in [2.05, 4.69) is 19.1 Å². The highest BCUT2D eigenvalue weighted by atomic mass is 32.1. The third-order valence-corrected chi connectivity index (χ3v) is 3.93. The molecular formula is C12H16O2S. The van der Waals surface area contributed by atoms with Crippen LogP contribution in [0.4, 0.5) is 0 Å². The number of carbonyl (C=O) groups excluding carboxylic acids is 1. The zero-order valence-electron chi connectivity index (χ0n) is 8.99. The highest BCUT2D eigenvalue weighted by Gasteiger charge is 2.23. The summed E-state index contributed by atoms with van der Waals surface area (Å²) in [6.45, 7) is 2.89. The zero-order chi connectivity index (χ0) is 10.7. The van der Waals surface area contributed by atoms with Gasteiger partial charge in [0.1, 0.15) is 6.10 Å². The summed E-state index contributed by atoms with van der Waals surface area (Å²) in [6.07, 6.45) is 3.41. The van der Waals surface area contributed by atoms with Gasteiger partial charge in [0.2, 0.25) is 0 Å². The van der Waals surface area contributed by atoms with Crippen molar-refractivity contribution in [3.05, 3.63) is 21.9 Å². The van der Waals surface area contributed by atoms with Gasteiger partial charge >= 0.3 is 0 Å². The number of rotatable bonds is 4. The molecular weight excluding hydrogens is 208 g/mol. The fourth-order valence-electron chi connectivity index (χ4n) is 1.82. The van der Waals surface area contributed by atoms with E-state index in [0.717, 1.165) is 25.9 Å². The molecule has 1 aliphatic heterocycles. The molecule has 1 unspecified atom stereocenters. The molecule has 0 N–H and O–H groups in total. The van der Waals surface area contributed by atoms with Crippen molar-refractivity contribution in [3.8, 4) is 0 Å². The molecule has 15 heavy (non-hydrogen) atoms. The van der Waals surface area contributed by atoms with E-state index in [4.69, 9.17) is 4.74 Å². The van der Waals surface area contributed by atoms with Gasteiger partial charge in [0.15, 0.2) is 5.78 Å². The third kappa shape index (κ3) is 2.67. The van der Waals surface area contributed by atoms with Crippen LogP contribution in [0, 0.1) is 0 Å². The van der Waals surface area contributed by atoms with E-state index in [-0.39, 0.29) is 11.9 Å². The quantitative estimate of drug-likeness (QED) is 0.785. The summed E-state index contributed by atoms with van der Waals surface area (Å²) < 4.78 is 5.38. The van der Waals surface area contributed by atoms with Crippen molar-refractivity contribution in [2.45, 2.75) is 38.7 Å². The fraction of sp³-hybridized carbons (Fsp3) is 0.583. The molecule has 82 valence electrons. The Labute approximate surface area is 94.3 Å². The van der Waals surface area contributed by atoms with Crippen LogP contribution in [0.5, 0.6) is 0 Å². The Hall–Kier alpha value is -0.670. The Morgan fingerprint density at radius 3 is 2.93 bits per heavy atom. The molecule has 2 rings (SSSR count). The highest BCUT2D eigenvalue weighted by molar-refractivity contribution is 7.12. The number of carbonyl (C=O) groups is 1. The minimum Gasteiger partial charge on any atom is -0.370 e. The fourth-order valence-corrected chi connectivity index (χ4v) is 2.79. The van der Waals surface area contributed by atoms with Crippen LogP contribution < -0.4 is 0 Å². The van der Waals surface area contributed by atoms with Gasteiger partial charge < -0.3 is 4.74 Å². The normalized spacial score (nSPS) is 20.7. The molecule has 1 saturated heterocycles. The van der Waals surface area contributed by atoms with Crippen molar-refractivity contribution in [1.29, 1.82) is 0 Å². The average molecular weight is 224 g/mol. The molecule has 1 aromatic rings. The second-order valence-electron chi connectivity index (χ2n) is 3.87. The lowest BCUT2D eigenvalue weighted by molar-refractivity contribution is -0.127. The first kappa shape index (κ1) is 10.8. The van der Waals surface area contributed by atoms with Gasteiger partial charge in [-0.2, -0.15) is 0 Å². The van der Waals surface area contributed by atoms with E-state index in [9.17, 15) is 4.79 Å². The standard InChI is InChI=1S/C12H16O2S/c1-2-9-5-6-10(15-9)8-11(13)12-4-3-7-14-12/h5-6,12H,2-4,7-8H2,1H3. The van der Waals surface area contributed by atoms with Gasteiger partial charge in [0.25, 0.3) is 0 Å². The number of ether oxygens (including phenoxy) is 1. The molecule has 0 aliphatic carbocycles. The molecule has 0 amide bonds. The molecule has 1 aliphatic rings. The molecule has 1 atom stereocenters. The van der Waals surface area contributed by atoms with Gasteiger partial charge in [0, 0.05) is 22.8 Å². The second kappa shape index (κ2) is 4.90. The lowest BCUT2D eigenvalue weighted by atomic mass is 10.1. The largest absolute Gasteiger partial charge is 0.370 e. The van der Waals surface area contributed by atoms with E-state index in [1.807, 2.05) is 0 Å². The summed E-state index contributed by atoms with van der Waals surface area (Å²) in [6, 6.07) is 4.18. The molecule has 0 radical (unpaired) electrons. The minimum absolute atomic E-state index is 0.128. The van der Waals surface area contributed by atoms with Crippen molar-refractivity contribution >= 4 is 17.1 Å². The molecule has 1 fully saturated rings. The maximum Gasteiger partial charge on any atom is 0.166 e. The average Bonchev–Trinajstić information content (AvgIpc) is 2.87. The lowest BCUT2D eigenvalue weighted by Crippen LogP contribution is -2.20. The smallest absolute Gasteiger partial charge is 0.166 e. The summed E-state index contributed by atoms with van der Waals surface area (Å²) in [7, 11) is 0. The van der Waals surface area contributed by atoms with Crippen LogP contribution in [0.15, 0.2) is 12.1 Å². The summed E-state index contributed by atoms with van der Waals surface area (Å²) in [5, 5.41) is 0.